The van der Waals surface area contributed by atoms with Gasteiger partial charge in [0, 0.05) is 5.69 Å². The Morgan fingerprint density at radius 2 is 1.83 bits per heavy atom. The number of rotatable bonds is 7. The van der Waals surface area contributed by atoms with Crippen LogP contribution in [0.4, 0.5) is 11.4 Å². The summed E-state index contributed by atoms with van der Waals surface area (Å²) in [5.74, 6) is -0.749. The van der Waals surface area contributed by atoms with Crippen molar-refractivity contribution in [2.24, 2.45) is 0 Å². The van der Waals surface area contributed by atoms with Gasteiger partial charge in [-0.3, -0.25) is 9.10 Å². The lowest BCUT2D eigenvalue weighted by Crippen LogP contribution is -2.45. The van der Waals surface area contributed by atoms with Crippen molar-refractivity contribution in [2.45, 2.75) is 19.9 Å². The normalized spacial score (nSPS) is 12.1. The van der Waals surface area contributed by atoms with Gasteiger partial charge in [0.15, 0.2) is 0 Å². The van der Waals surface area contributed by atoms with Crippen LogP contribution in [0, 0.1) is 6.92 Å². The first kappa shape index (κ1) is 23.5. The Morgan fingerprint density at radius 1 is 1.17 bits per heavy atom. The van der Waals surface area contributed by atoms with Gasteiger partial charge in [0.1, 0.15) is 11.8 Å². The summed E-state index contributed by atoms with van der Waals surface area (Å²) >= 11 is 6.13. The molecule has 0 spiro atoms. The van der Waals surface area contributed by atoms with Gasteiger partial charge in [-0.25, -0.2) is 13.2 Å². The van der Waals surface area contributed by atoms with Crippen molar-refractivity contribution in [3.8, 4) is 5.75 Å². The lowest BCUT2D eigenvalue weighted by Gasteiger charge is -2.28. The average Bonchev–Trinajstić information content (AvgIpc) is 2.68. The van der Waals surface area contributed by atoms with Gasteiger partial charge in [0.25, 0.3) is 0 Å². The van der Waals surface area contributed by atoms with Crippen LogP contribution in [0.5, 0.6) is 5.75 Å². The van der Waals surface area contributed by atoms with Gasteiger partial charge >= 0.3 is 5.97 Å². The lowest BCUT2D eigenvalue weighted by molar-refractivity contribution is -0.116. The zero-order chi connectivity index (χ0) is 22.6. The van der Waals surface area contributed by atoms with Crippen LogP contribution in [0.2, 0.25) is 5.02 Å². The number of hydrogen-bond donors (Lipinski definition) is 1. The third-order valence-corrected chi connectivity index (χ3v) is 6.01. The minimum absolute atomic E-state index is 0.206. The number of ether oxygens (including phenoxy) is 2. The second-order valence-electron chi connectivity index (χ2n) is 6.51. The number of carbonyl (C=O) groups is 2. The van der Waals surface area contributed by atoms with Gasteiger partial charge in [0.05, 0.1) is 36.7 Å². The van der Waals surface area contributed by atoms with Gasteiger partial charge in [-0.05, 0) is 49.7 Å². The Labute approximate surface area is 180 Å². The third kappa shape index (κ3) is 5.03. The Kier molecular flexibility index (Phi) is 7.33. The summed E-state index contributed by atoms with van der Waals surface area (Å²) in [4.78, 5) is 24.8. The Morgan fingerprint density at radius 3 is 2.37 bits per heavy atom. The number of anilines is 2. The topological polar surface area (TPSA) is 102 Å². The molecule has 2 rings (SSSR count). The largest absolute Gasteiger partial charge is 0.495 e. The van der Waals surface area contributed by atoms with Crippen LogP contribution in [0.3, 0.4) is 0 Å². The summed E-state index contributed by atoms with van der Waals surface area (Å²) < 4.78 is 35.7. The molecule has 1 atom stereocenters. The lowest BCUT2D eigenvalue weighted by atomic mass is 10.1. The molecule has 0 saturated carbocycles. The van der Waals surface area contributed by atoms with Crippen LogP contribution in [0.1, 0.15) is 22.8 Å². The van der Waals surface area contributed by atoms with E-state index in [9.17, 15) is 18.0 Å². The Bertz CT molecular complexity index is 1070. The van der Waals surface area contributed by atoms with Gasteiger partial charge < -0.3 is 14.8 Å². The smallest absolute Gasteiger partial charge is 0.338 e. The summed E-state index contributed by atoms with van der Waals surface area (Å²) in [7, 11) is -1.12. The quantitative estimate of drug-likeness (QED) is 0.644. The van der Waals surface area contributed by atoms with E-state index in [1.165, 1.54) is 39.3 Å². The van der Waals surface area contributed by atoms with Gasteiger partial charge in [-0.1, -0.05) is 17.7 Å². The minimum Gasteiger partial charge on any atom is -0.495 e. The van der Waals surface area contributed by atoms with Crippen molar-refractivity contribution >= 4 is 44.9 Å². The molecule has 0 fully saturated rings. The van der Waals surface area contributed by atoms with E-state index in [-0.39, 0.29) is 10.7 Å². The first-order valence-corrected chi connectivity index (χ1v) is 11.1. The molecule has 0 aromatic heterocycles. The third-order valence-electron chi connectivity index (χ3n) is 4.48. The minimum atomic E-state index is -3.83. The van der Waals surface area contributed by atoms with Crippen molar-refractivity contribution < 1.29 is 27.5 Å². The molecule has 0 aliphatic rings. The monoisotopic (exact) mass is 454 g/mol. The molecule has 1 amide bonds. The van der Waals surface area contributed by atoms with E-state index >= 15 is 0 Å². The Hall–Kier alpha value is -2.78. The summed E-state index contributed by atoms with van der Waals surface area (Å²) in [5.41, 5.74) is 1.38. The van der Waals surface area contributed by atoms with Crippen LogP contribution < -0.4 is 14.4 Å². The van der Waals surface area contributed by atoms with E-state index in [1.54, 1.807) is 25.1 Å². The number of benzene rings is 2. The van der Waals surface area contributed by atoms with Crippen molar-refractivity contribution in [2.75, 3.05) is 30.1 Å². The van der Waals surface area contributed by atoms with Crippen LogP contribution in [0.15, 0.2) is 36.4 Å². The number of amides is 1. The van der Waals surface area contributed by atoms with Crippen molar-refractivity contribution in [1.29, 1.82) is 0 Å². The zero-order valence-electron chi connectivity index (χ0n) is 17.2. The fourth-order valence-corrected chi connectivity index (χ4v) is 4.36. The maximum Gasteiger partial charge on any atom is 0.338 e. The fourth-order valence-electron chi connectivity index (χ4n) is 2.94. The molecule has 0 aliphatic heterocycles. The highest BCUT2D eigenvalue weighted by molar-refractivity contribution is 7.92. The molecule has 162 valence electrons. The van der Waals surface area contributed by atoms with Crippen molar-refractivity contribution in [3.05, 3.63) is 52.5 Å². The van der Waals surface area contributed by atoms with E-state index in [0.717, 1.165) is 10.6 Å². The number of methoxy groups -OCH3 is 2. The predicted octanol–water partition coefficient (Wildman–Crippen LogP) is 3.24. The van der Waals surface area contributed by atoms with Crippen LogP contribution >= 0.6 is 11.6 Å². The molecule has 1 N–H and O–H groups in total. The standard InChI is InChI=1S/C20H23ClN2O6S/c1-12-15(20(25)29-4)7-6-8-17(12)22-19(24)13(2)23(30(5,26)27)14-9-10-18(28-3)16(21)11-14/h6-11,13H,1-5H3,(H,22,24)/t13-/m0/s1. The molecule has 10 heteroatoms. The van der Waals surface area contributed by atoms with E-state index in [1.807, 2.05) is 0 Å². The van der Waals surface area contributed by atoms with Gasteiger partial charge in [-0.15, -0.1) is 0 Å². The number of hydrogen-bond acceptors (Lipinski definition) is 6. The highest BCUT2D eigenvalue weighted by Crippen LogP contribution is 2.31. The molecule has 2 aromatic rings. The van der Waals surface area contributed by atoms with Crippen molar-refractivity contribution in [1.82, 2.24) is 0 Å². The van der Waals surface area contributed by atoms with Crippen molar-refractivity contribution in [3.63, 3.8) is 0 Å². The van der Waals surface area contributed by atoms with Crippen LogP contribution in [0.25, 0.3) is 0 Å². The summed E-state index contributed by atoms with van der Waals surface area (Å²) in [6.07, 6.45) is 0.998. The summed E-state index contributed by atoms with van der Waals surface area (Å²) in [5, 5.41) is 2.88. The second-order valence-corrected chi connectivity index (χ2v) is 8.78. The number of esters is 1. The molecular formula is C20H23ClN2O6S. The fraction of sp³-hybridized carbons (Fsp3) is 0.300. The molecule has 0 bridgehead atoms. The summed E-state index contributed by atoms with van der Waals surface area (Å²) in [6, 6.07) is 8.10. The van der Waals surface area contributed by atoms with E-state index in [0.29, 0.717) is 22.6 Å². The van der Waals surface area contributed by atoms with Gasteiger partial charge in [-0.2, -0.15) is 0 Å². The molecule has 0 unspecified atom stereocenters. The number of carbonyl (C=O) groups excluding carboxylic acids is 2. The van der Waals surface area contributed by atoms with Crippen LogP contribution in [-0.4, -0.2) is 46.8 Å². The molecular weight excluding hydrogens is 432 g/mol. The van der Waals surface area contributed by atoms with Gasteiger partial charge in [0.2, 0.25) is 15.9 Å². The molecule has 0 saturated heterocycles. The summed E-state index contributed by atoms with van der Waals surface area (Å²) in [6.45, 7) is 3.11. The molecule has 30 heavy (non-hydrogen) atoms. The maximum absolute atomic E-state index is 12.9. The number of sulfonamides is 1. The first-order valence-electron chi connectivity index (χ1n) is 8.83. The van der Waals surface area contributed by atoms with Crippen LogP contribution in [-0.2, 0) is 19.6 Å². The SMILES string of the molecule is COC(=O)c1cccc(NC(=O)[C@H](C)N(c2ccc(OC)c(Cl)c2)S(C)(=O)=O)c1C. The molecule has 0 heterocycles. The molecule has 0 aliphatic carbocycles. The highest BCUT2D eigenvalue weighted by atomic mass is 35.5. The number of halogens is 1. The molecule has 8 nitrogen and oxygen atoms in total. The molecule has 0 radical (unpaired) electrons. The number of nitrogens with one attached hydrogen (secondary N) is 1. The predicted molar refractivity (Wildman–Crippen MR) is 116 cm³/mol. The first-order chi connectivity index (χ1) is 14.0. The zero-order valence-corrected chi connectivity index (χ0v) is 18.8. The van der Waals surface area contributed by atoms with E-state index in [2.05, 4.69) is 5.32 Å². The second kappa shape index (κ2) is 9.36. The maximum atomic E-state index is 12.9. The average molecular weight is 455 g/mol. The number of nitrogens with zero attached hydrogens (tertiary/aromatic N) is 1. The molecule has 2 aromatic carbocycles. The Balaban J connectivity index is 2.38. The van der Waals surface area contributed by atoms with E-state index < -0.39 is 27.9 Å². The van der Waals surface area contributed by atoms with E-state index in [4.69, 9.17) is 21.1 Å². The highest BCUT2D eigenvalue weighted by Gasteiger charge is 2.30.